The fraction of sp³-hybridized carbons (Fsp3) is 0.0625. The van der Waals surface area contributed by atoms with Crippen molar-refractivity contribution in [3.63, 3.8) is 0 Å². The van der Waals surface area contributed by atoms with Crippen LogP contribution in [-0.2, 0) is 0 Å². The number of aromatic nitrogens is 2. The molecule has 0 aliphatic carbocycles. The Kier molecular flexibility index (Phi) is 3.12. The predicted octanol–water partition coefficient (Wildman–Crippen LogP) is 2.95. The maximum absolute atomic E-state index is 10.3. The van der Waals surface area contributed by atoms with Gasteiger partial charge in [-0.05, 0) is 17.7 Å². The second-order valence-electron chi connectivity index (χ2n) is 4.37. The number of benzene rings is 2. The van der Waals surface area contributed by atoms with Gasteiger partial charge in [-0.25, -0.2) is 4.68 Å². The summed E-state index contributed by atoms with van der Waals surface area (Å²) in [5.41, 5.74) is 2.64. The quantitative estimate of drug-likeness (QED) is 0.776. The summed E-state index contributed by atoms with van der Waals surface area (Å²) in [6.07, 6.45) is 2.91. The second-order valence-corrected chi connectivity index (χ2v) is 4.37. The van der Waals surface area contributed by atoms with E-state index in [4.69, 9.17) is 0 Å². The first-order valence-electron chi connectivity index (χ1n) is 6.17. The summed E-state index contributed by atoms with van der Waals surface area (Å²) in [7, 11) is 0. The molecule has 0 aliphatic rings. The van der Waals surface area contributed by atoms with Crippen LogP contribution in [0, 0.1) is 0 Å². The van der Waals surface area contributed by atoms with E-state index in [0.29, 0.717) is 0 Å². The first-order valence-corrected chi connectivity index (χ1v) is 6.17. The van der Waals surface area contributed by atoms with Crippen LogP contribution in [0.5, 0.6) is 0 Å². The van der Waals surface area contributed by atoms with E-state index in [2.05, 4.69) is 5.10 Å². The summed E-state index contributed by atoms with van der Waals surface area (Å²) in [5, 5.41) is 14.6. The first kappa shape index (κ1) is 11.7. The van der Waals surface area contributed by atoms with Gasteiger partial charge in [0.2, 0.25) is 0 Å². The molecule has 0 amide bonds. The zero-order valence-electron chi connectivity index (χ0n) is 10.3. The molecule has 0 saturated heterocycles. The summed E-state index contributed by atoms with van der Waals surface area (Å²) in [6, 6.07) is 19.4. The molecule has 1 aromatic heterocycles. The third-order valence-corrected chi connectivity index (χ3v) is 3.05. The highest BCUT2D eigenvalue weighted by molar-refractivity contribution is 5.33. The summed E-state index contributed by atoms with van der Waals surface area (Å²) in [6.45, 7) is 0. The lowest BCUT2D eigenvalue weighted by Gasteiger charge is -2.07. The molecule has 1 unspecified atom stereocenters. The van der Waals surface area contributed by atoms with Crippen LogP contribution in [0.4, 0.5) is 0 Å². The van der Waals surface area contributed by atoms with Crippen LogP contribution in [-0.4, -0.2) is 14.9 Å². The normalized spacial score (nSPS) is 12.3. The monoisotopic (exact) mass is 250 g/mol. The van der Waals surface area contributed by atoms with Gasteiger partial charge in [0.1, 0.15) is 6.10 Å². The number of hydrogen-bond donors (Lipinski definition) is 1. The third-order valence-electron chi connectivity index (χ3n) is 3.05. The Morgan fingerprint density at radius 3 is 2.16 bits per heavy atom. The highest BCUT2D eigenvalue weighted by Crippen LogP contribution is 2.21. The van der Waals surface area contributed by atoms with Crippen molar-refractivity contribution in [3.05, 3.63) is 84.2 Å². The van der Waals surface area contributed by atoms with E-state index in [-0.39, 0.29) is 0 Å². The average Bonchev–Trinajstić information content (AvgIpc) is 2.98. The molecule has 0 fully saturated rings. The highest BCUT2D eigenvalue weighted by atomic mass is 16.3. The van der Waals surface area contributed by atoms with Gasteiger partial charge in [0.05, 0.1) is 11.9 Å². The van der Waals surface area contributed by atoms with E-state index in [9.17, 15) is 5.11 Å². The number of hydrogen-bond acceptors (Lipinski definition) is 2. The van der Waals surface area contributed by atoms with Crippen molar-refractivity contribution in [2.75, 3.05) is 0 Å². The van der Waals surface area contributed by atoms with E-state index < -0.39 is 6.10 Å². The number of rotatable bonds is 3. The minimum atomic E-state index is -0.640. The fourth-order valence-electron chi connectivity index (χ4n) is 2.03. The molecule has 1 N–H and O–H groups in total. The van der Waals surface area contributed by atoms with Gasteiger partial charge < -0.3 is 5.11 Å². The zero-order chi connectivity index (χ0) is 13.1. The topological polar surface area (TPSA) is 38.1 Å². The van der Waals surface area contributed by atoms with Crippen LogP contribution < -0.4 is 0 Å². The molecule has 0 saturated carbocycles. The SMILES string of the molecule is OC(c1ccccc1)c1cnn(-c2ccccc2)c1. The summed E-state index contributed by atoms with van der Waals surface area (Å²) in [5.74, 6) is 0. The Morgan fingerprint density at radius 2 is 1.47 bits per heavy atom. The molecule has 3 nitrogen and oxygen atoms in total. The van der Waals surface area contributed by atoms with E-state index in [1.165, 1.54) is 0 Å². The predicted molar refractivity (Wildman–Crippen MR) is 74.1 cm³/mol. The van der Waals surface area contributed by atoms with Gasteiger partial charge in [-0.2, -0.15) is 5.10 Å². The number of aliphatic hydroxyl groups excluding tert-OH is 1. The van der Waals surface area contributed by atoms with Gasteiger partial charge in [0.25, 0.3) is 0 Å². The molecule has 94 valence electrons. The van der Waals surface area contributed by atoms with E-state index in [0.717, 1.165) is 16.8 Å². The smallest absolute Gasteiger partial charge is 0.107 e. The molecule has 1 atom stereocenters. The molecule has 3 heteroatoms. The number of nitrogens with zero attached hydrogens (tertiary/aromatic N) is 2. The third kappa shape index (κ3) is 2.41. The number of aliphatic hydroxyl groups is 1. The van der Waals surface area contributed by atoms with Crippen molar-refractivity contribution in [2.45, 2.75) is 6.10 Å². The summed E-state index contributed by atoms with van der Waals surface area (Å²) in [4.78, 5) is 0. The van der Waals surface area contributed by atoms with Crippen molar-refractivity contribution < 1.29 is 5.11 Å². The van der Waals surface area contributed by atoms with Crippen LogP contribution >= 0.6 is 0 Å². The van der Waals surface area contributed by atoms with E-state index in [1.54, 1.807) is 10.9 Å². The van der Waals surface area contributed by atoms with Gasteiger partial charge in [-0.1, -0.05) is 48.5 Å². The van der Waals surface area contributed by atoms with Crippen LogP contribution in [0.1, 0.15) is 17.2 Å². The standard InChI is InChI=1S/C16H14N2O/c19-16(13-7-3-1-4-8-13)14-11-17-18(12-14)15-9-5-2-6-10-15/h1-12,16,19H. The molecule has 3 aromatic rings. The van der Waals surface area contributed by atoms with Gasteiger partial charge in [-0.3, -0.25) is 0 Å². The van der Waals surface area contributed by atoms with Gasteiger partial charge >= 0.3 is 0 Å². The van der Waals surface area contributed by atoms with E-state index in [1.807, 2.05) is 66.9 Å². The highest BCUT2D eigenvalue weighted by Gasteiger charge is 2.12. The van der Waals surface area contributed by atoms with Crippen LogP contribution in [0.25, 0.3) is 5.69 Å². The Hall–Kier alpha value is -2.39. The van der Waals surface area contributed by atoms with Gasteiger partial charge in [0, 0.05) is 11.8 Å². The Labute approximate surface area is 111 Å². The Balaban J connectivity index is 1.90. The maximum Gasteiger partial charge on any atom is 0.107 e. The van der Waals surface area contributed by atoms with Crippen molar-refractivity contribution in [2.24, 2.45) is 0 Å². The minimum Gasteiger partial charge on any atom is -0.384 e. The maximum atomic E-state index is 10.3. The summed E-state index contributed by atoms with van der Waals surface area (Å²) < 4.78 is 1.77. The molecule has 3 rings (SSSR count). The van der Waals surface area contributed by atoms with Crippen molar-refractivity contribution in [1.82, 2.24) is 9.78 Å². The molecule has 0 spiro atoms. The van der Waals surface area contributed by atoms with Crippen molar-refractivity contribution in [3.8, 4) is 5.69 Å². The molecule has 0 bridgehead atoms. The molecule has 2 aromatic carbocycles. The molecule has 0 aliphatic heterocycles. The average molecular weight is 250 g/mol. The van der Waals surface area contributed by atoms with Crippen LogP contribution in [0.2, 0.25) is 0 Å². The van der Waals surface area contributed by atoms with Crippen LogP contribution in [0.15, 0.2) is 73.1 Å². The molecule has 19 heavy (non-hydrogen) atoms. The Morgan fingerprint density at radius 1 is 0.842 bits per heavy atom. The van der Waals surface area contributed by atoms with Crippen LogP contribution in [0.3, 0.4) is 0 Å². The summed E-state index contributed by atoms with van der Waals surface area (Å²) >= 11 is 0. The minimum absolute atomic E-state index is 0.640. The van der Waals surface area contributed by atoms with Crippen molar-refractivity contribution in [1.29, 1.82) is 0 Å². The second kappa shape index (κ2) is 5.08. The lowest BCUT2D eigenvalue weighted by atomic mass is 10.1. The molecule has 0 radical (unpaired) electrons. The fourth-order valence-corrected chi connectivity index (χ4v) is 2.03. The lowest BCUT2D eigenvalue weighted by Crippen LogP contribution is -1.98. The lowest BCUT2D eigenvalue weighted by molar-refractivity contribution is 0.220. The number of para-hydroxylation sites is 1. The zero-order valence-corrected chi connectivity index (χ0v) is 10.3. The molecular formula is C16H14N2O. The molecular weight excluding hydrogens is 236 g/mol. The molecule has 1 heterocycles. The van der Waals surface area contributed by atoms with E-state index >= 15 is 0 Å². The van der Waals surface area contributed by atoms with Crippen molar-refractivity contribution >= 4 is 0 Å². The van der Waals surface area contributed by atoms with Gasteiger partial charge in [0.15, 0.2) is 0 Å². The largest absolute Gasteiger partial charge is 0.384 e. The first-order chi connectivity index (χ1) is 9.34. The van der Waals surface area contributed by atoms with Gasteiger partial charge in [-0.15, -0.1) is 0 Å². The Bertz CT molecular complexity index is 647.